The highest BCUT2D eigenvalue weighted by molar-refractivity contribution is 7.80. The van der Waals surface area contributed by atoms with Gasteiger partial charge in [-0.3, -0.25) is 0 Å². The van der Waals surface area contributed by atoms with Crippen LogP contribution in [0.15, 0.2) is 36.4 Å². The van der Waals surface area contributed by atoms with Crippen LogP contribution < -0.4 is 10.5 Å². The second-order valence-electron chi connectivity index (χ2n) is 5.28. The van der Waals surface area contributed by atoms with E-state index in [2.05, 4.69) is 13.8 Å². The summed E-state index contributed by atoms with van der Waals surface area (Å²) in [5.41, 5.74) is 8.50. The standard InChI is InChI=1S/C17H18ClNOS/c1-10(2)14-9-16(11(3)8-15(14)18)20-13-6-4-12(5-7-13)17(19)21/h4-10H,1-3H3,(H2,19,21). The van der Waals surface area contributed by atoms with Crippen molar-refractivity contribution in [3.63, 3.8) is 0 Å². The molecule has 2 nitrogen and oxygen atoms in total. The van der Waals surface area contributed by atoms with E-state index in [9.17, 15) is 0 Å². The number of nitrogens with two attached hydrogens (primary N) is 1. The molecule has 0 saturated heterocycles. The molecular weight excluding hydrogens is 302 g/mol. The van der Waals surface area contributed by atoms with Crippen LogP contribution in [-0.2, 0) is 0 Å². The summed E-state index contributed by atoms with van der Waals surface area (Å²) < 4.78 is 5.95. The van der Waals surface area contributed by atoms with Crippen molar-refractivity contribution in [2.24, 2.45) is 5.73 Å². The predicted octanol–water partition coefficient (Wildman–Crippen LogP) is 5.20. The number of halogens is 1. The fourth-order valence-corrected chi connectivity index (χ4v) is 2.61. The lowest BCUT2D eigenvalue weighted by atomic mass is 10.0. The van der Waals surface area contributed by atoms with Crippen LogP contribution in [0.4, 0.5) is 0 Å². The highest BCUT2D eigenvalue weighted by atomic mass is 35.5. The quantitative estimate of drug-likeness (QED) is 0.787. The highest BCUT2D eigenvalue weighted by Crippen LogP contribution is 2.33. The zero-order valence-corrected chi connectivity index (χ0v) is 13.9. The maximum absolute atomic E-state index is 6.27. The topological polar surface area (TPSA) is 35.2 Å². The minimum atomic E-state index is 0.345. The van der Waals surface area contributed by atoms with Crippen molar-refractivity contribution in [3.8, 4) is 11.5 Å². The lowest BCUT2D eigenvalue weighted by Crippen LogP contribution is -2.08. The molecule has 0 unspecified atom stereocenters. The largest absolute Gasteiger partial charge is 0.457 e. The monoisotopic (exact) mass is 319 g/mol. The molecule has 2 aromatic rings. The summed E-state index contributed by atoms with van der Waals surface area (Å²) in [6.07, 6.45) is 0. The molecule has 0 radical (unpaired) electrons. The van der Waals surface area contributed by atoms with E-state index in [4.69, 9.17) is 34.3 Å². The second-order valence-corrected chi connectivity index (χ2v) is 6.13. The van der Waals surface area contributed by atoms with Crippen molar-refractivity contribution < 1.29 is 4.74 Å². The van der Waals surface area contributed by atoms with Gasteiger partial charge in [0.2, 0.25) is 0 Å². The van der Waals surface area contributed by atoms with Crippen molar-refractivity contribution in [3.05, 3.63) is 58.1 Å². The number of aryl methyl sites for hydroxylation is 1. The summed E-state index contributed by atoms with van der Waals surface area (Å²) in [6.45, 7) is 6.20. The van der Waals surface area contributed by atoms with Gasteiger partial charge < -0.3 is 10.5 Å². The first-order valence-electron chi connectivity index (χ1n) is 6.76. The highest BCUT2D eigenvalue weighted by Gasteiger charge is 2.11. The van der Waals surface area contributed by atoms with Gasteiger partial charge in [-0.25, -0.2) is 0 Å². The summed E-state index contributed by atoms with van der Waals surface area (Å²) in [7, 11) is 0. The van der Waals surface area contributed by atoms with E-state index in [1.54, 1.807) is 0 Å². The number of hydrogen-bond acceptors (Lipinski definition) is 2. The average Bonchev–Trinajstić information content (AvgIpc) is 2.42. The molecule has 2 N–H and O–H groups in total. The minimum Gasteiger partial charge on any atom is -0.457 e. The molecule has 0 aliphatic rings. The Labute approximate surface area is 135 Å². The molecule has 0 heterocycles. The molecule has 0 aromatic heterocycles. The lowest BCUT2D eigenvalue weighted by Gasteiger charge is -2.14. The van der Waals surface area contributed by atoms with E-state index in [0.717, 1.165) is 33.2 Å². The Hall–Kier alpha value is -1.58. The molecule has 0 aliphatic carbocycles. The van der Waals surface area contributed by atoms with Crippen molar-refractivity contribution in [1.82, 2.24) is 0 Å². The van der Waals surface area contributed by atoms with Crippen LogP contribution in [0.5, 0.6) is 11.5 Å². The first-order valence-corrected chi connectivity index (χ1v) is 7.55. The number of rotatable bonds is 4. The smallest absolute Gasteiger partial charge is 0.130 e. The Bertz CT molecular complexity index is 665. The fourth-order valence-electron chi connectivity index (χ4n) is 2.04. The molecule has 0 aliphatic heterocycles. The number of thiocarbonyl (C=S) groups is 1. The van der Waals surface area contributed by atoms with Crippen LogP contribution in [-0.4, -0.2) is 4.99 Å². The van der Waals surface area contributed by atoms with Gasteiger partial charge in [-0.1, -0.05) is 37.7 Å². The molecule has 110 valence electrons. The molecule has 21 heavy (non-hydrogen) atoms. The second kappa shape index (κ2) is 6.46. The van der Waals surface area contributed by atoms with E-state index < -0.39 is 0 Å². The minimum absolute atomic E-state index is 0.345. The van der Waals surface area contributed by atoms with E-state index >= 15 is 0 Å². The van der Waals surface area contributed by atoms with Gasteiger partial charge in [0.05, 0.1) is 0 Å². The van der Waals surface area contributed by atoms with Gasteiger partial charge in [0.1, 0.15) is 16.5 Å². The third-order valence-electron chi connectivity index (χ3n) is 3.28. The van der Waals surface area contributed by atoms with Crippen LogP contribution in [0.1, 0.15) is 36.5 Å². The maximum Gasteiger partial charge on any atom is 0.130 e. The molecule has 0 saturated carbocycles. The molecule has 0 amide bonds. The Balaban J connectivity index is 2.30. The molecule has 0 bridgehead atoms. The Morgan fingerprint density at radius 1 is 1.19 bits per heavy atom. The van der Waals surface area contributed by atoms with Gasteiger partial charge in [0, 0.05) is 10.6 Å². The van der Waals surface area contributed by atoms with Crippen LogP contribution in [0.2, 0.25) is 5.02 Å². The first-order chi connectivity index (χ1) is 9.88. The lowest BCUT2D eigenvalue weighted by molar-refractivity contribution is 0.478. The van der Waals surface area contributed by atoms with Crippen LogP contribution >= 0.6 is 23.8 Å². The van der Waals surface area contributed by atoms with Gasteiger partial charge in [-0.05, 0) is 60.4 Å². The van der Waals surface area contributed by atoms with Gasteiger partial charge in [0.15, 0.2) is 0 Å². The zero-order chi connectivity index (χ0) is 15.6. The third kappa shape index (κ3) is 3.74. The predicted molar refractivity (Wildman–Crippen MR) is 92.7 cm³/mol. The Morgan fingerprint density at radius 2 is 1.81 bits per heavy atom. The van der Waals surface area contributed by atoms with Gasteiger partial charge in [-0.2, -0.15) is 0 Å². The van der Waals surface area contributed by atoms with Crippen molar-refractivity contribution in [2.75, 3.05) is 0 Å². The molecular formula is C17H18ClNOS. The number of benzene rings is 2. The molecule has 0 spiro atoms. The molecule has 2 rings (SSSR count). The Morgan fingerprint density at radius 3 is 2.33 bits per heavy atom. The number of hydrogen-bond donors (Lipinski definition) is 1. The summed E-state index contributed by atoms with van der Waals surface area (Å²) >= 11 is 11.2. The normalized spacial score (nSPS) is 10.7. The molecule has 0 fully saturated rings. The van der Waals surface area contributed by atoms with Crippen molar-refractivity contribution >= 4 is 28.8 Å². The van der Waals surface area contributed by atoms with E-state index in [0.29, 0.717) is 10.9 Å². The van der Waals surface area contributed by atoms with Crippen molar-refractivity contribution in [2.45, 2.75) is 26.7 Å². The van der Waals surface area contributed by atoms with Crippen LogP contribution in [0, 0.1) is 6.92 Å². The fraction of sp³-hybridized carbons (Fsp3) is 0.235. The summed E-state index contributed by atoms with van der Waals surface area (Å²) in [6, 6.07) is 11.4. The first kappa shape index (κ1) is 15.8. The molecule has 0 atom stereocenters. The van der Waals surface area contributed by atoms with Crippen LogP contribution in [0.3, 0.4) is 0 Å². The Kier molecular flexibility index (Phi) is 4.86. The molecule has 4 heteroatoms. The van der Waals surface area contributed by atoms with Crippen molar-refractivity contribution in [1.29, 1.82) is 0 Å². The van der Waals surface area contributed by atoms with E-state index in [1.165, 1.54) is 0 Å². The maximum atomic E-state index is 6.27. The zero-order valence-electron chi connectivity index (χ0n) is 12.3. The average molecular weight is 320 g/mol. The van der Waals surface area contributed by atoms with Gasteiger partial charge in [0.25, 0.3) is 0 Å². The summed E-state index contributed by atoms with van der Waals surface area (Å²) in [5, 5.41) is 0.777. The third-order valence-corrected chi connectivity index (χ3v) is 3.85. The number of ether oxygens (including phenoxy) is 1. The molecule has 2 aromatic carbocycles. The van der Waals surface area contributed by atoms with E-state index in [-0.39, 0.29) is 0 Å². The summed E-state index contributed by atoms with van der Waals surface area (Å²) in [4.78, 5) is 0.381. The SMILES string of the molecule is Cc1cc(Cl)c(C(C)C)cc1Oc1ccc(C(N)=S)cc1. The summed E-state index contributed by atoms with van der Waals surface area (Å²) in [5.74, 6) is 1.90. The van der Waals surface area contributed by atoms with Gasteiger partial charge >= 0.3 is 0 Å². The van der Waals surface area contributed by atoms with Crippen LogP contribution in [0.25, 0.3) is 0 Å². The van der Waals surface area contributed by atoms with E-state index in [1.807, 2.05) is 43.3 Å². The van der Waals surface area contributed by atoms with Gasteiger partial charge in [-0.15, -0.1) is 0 Å².